The molecule has 0 bridgehead atoms. The van der Waals surface area contributed by atoms with E-state index in [2.05, 4.69) is 6.07 Å². The first-order valence-corrected chi connectivity index (χ1v) is 5.57. The highest BCUT2D eigenvalue weighted by molar-refractivity contribution is 5.76. The maximum Gasteiger partial charge on any atom is 0.310 e. The normalized spacial score (nSPS) is 16.1. The summed E-state index contributed by atoms with van der Waals surface area (Å²) in [6.07, 6.45) is 4.00. The zero-order valence-electron chi connectivity index (χ0n) is 8.99. The molecule has 1 aromatic carbocycles. The molecule has 0 spiro atoms. The number of carboxylic acid groups (broad SMARTS) is 1. The van der Waals surface area contributed by atoms with Crippen molar-refractivity contribution in [3.63, 3.8) is 0 Å². The predicted molar refractivity (Wildman–Crippen MR) is 59.1 cm³/mol. The van der Waals surface area contributed by atoms with E-state index in [0.29, 0.717) is 6.42 Å². The largest absolute Gasteiger partial charge is 0.481 e. The van der Waals surface area contributed by atoms with Crippen LogP contribution in [0.4, 0.5) is 0 Å². The van der Waals surface area contributed by atoms with Gasteiger partial charge in [-0.1, -0.05) is 25.1 Å². The van der Waals surface area contributed by atoms with E-state index in [1.54, 1.807) is 0 Å². The SMILES string of the molecule is CCC(C(=O)O)c1cccc2c1CCC2. The zero-order chi connectivity index (χ0) is 10.8. The van der Waals surface area contributed by atoms with Crippen LogP contribution in [0.1, 0.15) is 42.4 Å². The van der Waals surface area contributed by atoms with Crippen LogP contribution in [0.5, 0.6) is 0 Å². The molecule has 0 saturated heterocycles. The lowest BCUT2D eigenvalue weighted by Crippen LogP contribution is -2.12. The molecule has 1 aromatic rings. The van der Waals surface area contributed by atoms with Gasteiger partial charge in [0.25, 0.3) is 0 Å². The molecule has 1 atom stereocenters. The first-order valence-electron chi connectivity index (χ1n) is 5.57. The maximum absolute atomic E-state index is 11.1. The molecule has 80 valence electrons. The minimum absolute atomic E-state index is 0.321. The molecule has 15 heavy (non-hydrogen) atoms. The Morgan fingerprint density at radius 1 is 1.47 bits per heavy atom. The van der Waals surface area contributed by atoms with E-state index in [9.17, 15) is 4.79 Å². The number of aryl methyl sites for hydroxylation is 1. The van der Waals surface area contributed by atoms with Gasteiger partial charge in [0.05, 0.1) is 5.92 Å². The Hall–Kier alpha value is -1.31. The third-order valence-electron chi connectivity index (χ3n) is 3.26. The molecule has 0 fully saturated rings. The zero-order valence-corrected chi connectivity index (χ0v) is 8.99. The molecule has 2 rings (SSSR count). The van der Waals surface area contributed by atoms with Gasteiger partial charge >= 0.3 is 5.97 Å². The first kappa shape index (κ1) is 10.2. The molecule has 0 aliphatic heterocycles. The molecular weight excluding hydrogens is 188 g/mol. The number of carboxylic acids is 1. The number of carbonyl (C=O) groups is 1. The summed E-state index contributed by atoms with van der Waals surface area (Å²) >= 11 is 0. The van der Waals surface area contributed by atoms with Crippen LogP contribution < -0.4 is 0 Å². The number of rotatable bonds is 3. The summed E-state index contributed by atoms with van der Waals surface area (Å²) in [5, 5.41) is 9.16. The predicted octanol–water partition coefficient (Wildman–Crippen LogP) is 2.75. The second-order valence-corrected chi connectivity index (χ2v) is 4.14. The fourth-order valence-electron chi connectivity index (χ4n) is 2.50. The fourth-order valence-corrected chi connectivity index (χ4v) is 2.50. The molecule has 0 amide bonds. The molecular formula is C13H16O2. The van der Waals surface area contributed by atoms with Crippen LogP contribution in [0.2, 0.25) is 0 Å². The average molecular weight is 204 g/mol. The molecule has 0 aromatic heterocycles. The Kier molecular flexibility index (Phi) is 2.76. The Morgan fingerprint density at radius 3 is 2.93 bits per heavy atom. The molecule has 0 heterocycles. The van der Waals surface area contributed by atoms with E-state index < -0.39 is 5.97 Å². The van der Waals surface area contributed by atoms with Crippen molar-refractivity contribution in [3.05, 3.63) is 34.9 Å². The molecule has 0 saturated carbocycles. The van der Waals surface area contributed by atoms with Crippen molar-refractivity contribution < 1.29 is 9.90 Å². The summed E-state index contributed by atoms with van der Waals surface area (Å²) in [7, 11) is 0. The van der Waals surface area contributed by atoms with Gasteiger partial charge in [-0.2, -0.15) is 0 Å². The fraction of sp³-hybridized carbons (Fsp3) is 0.462. The smallest absolute Gasteiger partial charge is 0.310 e. The summed E-state index contributed by atoms with van der Waals surface area (Å²) in [6.45, 7) is 1.94. The molecule has 1 N–H and O–H groups in total. The van der Waals surface area contributed by atoms with Crippen LogP contribution in [0, 0.1) is 0 Å². The lowest BCUT2D eigenvalue weighted by Gasteiger charge is -2.14. The van der Waals surface area contributed by atoms with E-state index in [1.807, 2.05) is 19.1 Å². The summed E-state index contributed by atoms with van der Waals surface area (Å²) in [4.78, 5) is 11.1. The topological polar surface area (TPSA) is 37.3 Å². The summed E-state index contributed by atoms with van der Waals surface area (Å²) < 4.78 is 0. The van der Waals surface area contributed by atoms with Gasteiger partial charge in [-0.05, 0) is 42.4 Å². The lowest BCUT2D eigenvalue weighted by molar-refractivity contribution is -0.138. The van der Waals surface area contributed by atoms with Crippen molar-refractivity contribution in [2.24, 2.45) is 0 Å². The Labute approximate surface area is 89.9 Å². The molecule has 1 aliphatic carbocycles. The van der Waals surface area contributed by atoms with Crippen molar-refractivity contribution >= 4 is 5.97 Å². The second kappa shape index (κ2) is 4.05. The van der Waals surface area contributed by atoms with E-state index >= 15 is 0 Å². The highest BCUT2D eigenvalue weighted by atomic mass is 16.4. The highest BCUT2D eigenvalue weighted by Gasteiger charge is 2.23. The quantitative estimate of drug-likeness (QED) is 0.822. The second-order valence-electron chi connectivity index (χ2n) is 4.14. The molecule has 1 unspecified atom stereocenters. The van der Waals surface area contributed by atoms with E-state index in [4.69, 9.17) is 5.11 Å². The van der Waals surface area contributed by atoms with Crippen molar-refractivity contribution in [2.45, 2.75) is 38.5 Å². The highest BCUT2D eigenvalue weighted by Crippen LogP contribution is 2.31. The molecule has 2 nitrogen and oxygen atoms in total. The number of fused-ring (bicyclic) bond motifs is 1. The number of aliphatic carboxylic acids is 1. The summed E-state index contributed by atoms with van der Waals surface area (Å²) in [6, 6.07) is 6.10. The standard InChI is InChI=1S/C13H16O2/c1-2-10(13(14)15)12-8-4-6-9-5-3-7-11(9)12/h4,6,8,10H,2-3,5,7H2,1H3,(H,14,15). The van der Waals surface area contributed by atoms with Crippen molar-refractivity contribution in [3.8, 4) is 0 Å². The van der Waals surface area contributed by atoms with E-state index in [0.717, 1.165) is 18.4 Å². The van der Waals surface area contributed by atoms with Crippen molar-refractivity contribution in [2.75, 3.05) is 0 Å². The monoisotopic (exact) mass is 204 g/mol. The average Bonchev–Trinajstić information content (AvgIpc) is 2.66. The van der Waals surface area contributed by atoms with Gasteiger partial charge in [-0.25, -0.2) is 0 Å². The van der Waals surface area contributed by atoms with Crippen LogP contribution in [0.3, 0.4) is 0 Å². The van der Waals surface area contributed by atoms with Gasteiger partial charge in [0.1, 0.15) is 0 Å². The van der Waals surface area contributed by atoms with Crippen LogP contribution in [0.15, 0.2) is 18.2 Å². The number of benzene rings is 1. The van der Waals surface area contributed by atoms with Crippen LogP contribution in [-0.4, -0.2) is 11.1 Å². The minimum atomic E-state index is -0.696. The van der Waals surface area contributed by atoms with E-state index in [1.165, 1.54) is 17.5 Å². The van der Waals surface area contributed by atoms with Gasteiger partial charge in [-0.3, -0.25) is 4.79 Å². The lowest BCUT2D eigenvalue weighted by atomic mass is 9.90. The number of hydrogen-bond acceptors (Lipinski definition) is 1. The van der Waals surface area contributed by atoms with Crippen LogP contribution in [0.25, 0.3) is 0 Å². The minimum Gasteiger partial charge on any atom is -0.481 e. The maximum atomic E-state index is 11.1. The number of hydrogen-bond donors (Lipinski definition) is 1. The molecule has 0 radical (unpaired) electrons. The van der Waals surface area contributed by atoms with Gasteiger partial charge in [0.15, 0.2) is 0 Å². The van der Waals surface area contributed by atoms with Crippen molar-refractivity contribution in [1.82, 2.24) is 0 Å². The van der Waals surface area contributed by atoms with Crippen LogP contribution >= 0.6 is 0 Å². The van der Waals surface area contributed by atoms with Gasteiger partial charge in [0, 0.05) is 0 Å². The van der Waals surface area contributed by atoms with Gasteiger partial charge in [0.2, 0.25) is 0 Å². The third kappa shape index (κ3) is 1.76. The van der Waals surface area contributed by atoms with Gasteiger partial charge in [-0.15, -0.1) is 0 Å². The Bertz CT molecular complexity index is 382. The van der Waals surface area contributed by atoms with Crippen LogP contribution in [-0.2, 0) is 17.6 Å². The van der Waals surface area contributed by atoms with Crippen molar-refractivity contribution in [1.29, 1.82) is 0 Å². The summed E-state index contributed by atoms with van der Waals surface area (Å²) in [5.41, 5.74) is 3.69. The van der Waals surface area contributed by atoms with Gasteiger partial charge < -0.3 is 5.11 Å². The van der Waals surface area contributed by atoms with E-state index in [-0.39, 0.29) is 5.92 Å². The summed E-state index contributed by atoms with van der Waals surface area (Å²) in [5.74, 6) is -1.02. The molecule has 1 aliphatic rings. The first-order chi connectivity index (χ1) is 7.24. The molecule has 2 heteroatoms. The Morgan fingerprint density at radius 2 is 2.27 bits per heavy atom. The third-order valence-corrected chi connectivity index (χ3v) is 3.26. The Balaban J connectivity index is 2.43.